The number of anilines is 1. The lowest BCUT2D eigenvalue weighted by atomic mass is 9.97. The molecule has 1 aliphatic heterocycles. The van der Waals surface area contributed by atoms with Crippen molar-refractivity contribution in [1.29, 1.82) is 0 Å². The molecule has 1 heterocycles. The summed E-state index contributed by atoms with van der Waals surface area (Å²) in [6, 6.07) is 7.84. The first-order valence-corrected chi connectivity index (χ1v) is 7.57. The van der Waals surface area contributed by atoms with Crippen molar-refractivity contribution in [2.75, 3.05) is 38.6 Å². The molecular weight excluding hydrogens is 266 g/mol. The summed E-state index contributed by atoms with van der Waals surface area (Å²) >= 11 is 0. The molecule has 5 heteroatoms. The standard InChI is InChI=1S/C16H25N3O2/c1-19-9-6-13(7-10-19)12-18-14-4-2-3-5-15(14)21-11-8-16(17)20/h2-5,13,18H,6-12H2,1H3,(H2,17,20). The second-order valence-corrected chi connectivity index (χ2v) is 5.69. The number of hydrogen-bond donors (Lipinski definition) is 2. The number of nitrogens with one attached hydrogen (secondary N) is 1. The van der Waals surface area contributed by atoms with Crippen molar-refractivity contribution < 1.29 is 9.53 Å². The van der Waals surface area contributed by atoms with Crippen molar-refractivity contribution in [3.63, 3.8) is 0 Å². The van der Waals surface area contributed by atoms with Crippen LogP contribution >= 0.6 is 0 Å². The fraction of sp³-hybridized carbons (Fsp3) is 0.562. The van der Waals surface area contributed by atoms with Crippen LogP contribution < -0.4 is 15.8 Å². The van der Waals surface area contributed by atoms with Gasteiger partial charge >= 0.3 is 0 Å². The topological polar surface area (TPSA) is 67.6 Å². The second-order valence-electron chi connectivity index (χ2n) is 5.69. The number of rotatable bonds is 7. The molecule has 0 aromatic heterocycles. The molecule has 116 valence electrons. The van der Waals surface area contributed by atoms with Gasteiger partial charge in [0.2, 0.25) is 5.91 Å². The first-order chi connectivity index (χ1) is 10.1. The van der Waals surface area contributed by atoms with E-state index in [2.05, 4.69) is 17.3 Å². The highest BCUT2D eigenvalue weighted by molar-refractivity contribution is 5.73. The summed E-state index contributed by atoms with van der Waals surface area (Å²) in [5, 5.41) is 3.48. The number of nitrogens with two attached hydrogens (primary N) is 1. The van der Waals surface area contributed by atoms with E-state index in [9.17, 15) is 4.79 Å². The highest BCUT2D eigenvalue weighted by atomic mass is 16.5. The van der Waals surface area contributed by atoms with Crippen LogP contribution in [0.3, 0.4) is 0 Å². The van der Waals surface area contributed by atoms with Crippen LogP contribution in [-0.4, -0.2) is 44.1 Å². The number of carbonyl (C=O) groups excluding carboxylic acids is 1. The van der Waals surface area contributed by atoms with Crippen LogP contribution in [0.25, 0.3) is 0 Å². The fourth-order valence-corrected chi connectivity index (χ4v) is 2.52. The Labute approximate surface area is 126 Å². The van der Waals surface area contributed by atoms with Crippen LogP contribution in [0.4, 0.5) is 5.69 Å². The van der Waals surface area contributed by atoms with Gasteiger partial charge < -0.3 is 20.7 Å². The van der Waals surface area contributed by atoms with Crippen LogP contribution in [0.2, 0.25) is 0 Å². The maximum atomic E-state index is 10.8. The summed E-state index contributed by atoms with van der Waals surface area (Å²) in [5.74, 6) is 1.15. The molecule has 1 aromatic carbocycles. The molecule has 5 nitrogen and oxygen atoms in total. The van der Waals surface area contributed by atoms with Gasteiger partial charge in [0.1, 0.15) is 5.75 Å². The van der Waals surface area contributed by atoms with E-state index in [1.807, 2.05) is 24.3 Å². The predicted octanol–water partition coefficient (Wildman–Crippen LogP) is 1.69. The van der Waals surface area contributed by atoms with Crippen molar-refractivity contribution in [2.45, 2.75) is 19.3 Å². The average molecular weight is 291 g/mol. The lowest BCUT2D eigenvalue weighted by Gasteiger charge is -2.29. The molecule has 3 N–H and O–H groups in total. The van der Waals surface area contributed by atoms with Crippen molar-refractivity contribution in [1.82, 2.24) is 4.90 Å². The molecule has 1 amide bonds. The highest BCUT2D eigenvalue weighted by Gasteiger charge is 2.16. The number of piperidine rings is 1. The van der Waals surface area contributed by atoms with Crippen LogP contribution in [0.1, 0.15) is 19.3 Å². The largest absolute Gasteiger partial charge is 0.491 e. The molecule has 0 unspecified atom stereocenters. The third-order valence-electron chi connectivity index (χ3n) is 3.91. The predicted molar refractivity (Wildman–Crippen MR) is 84.5 cm³/mol. The van der Waals surface area contributed by atoms with Gasteiger partial charge in [-0.2, -0.15) is 0 Å². The van der Waals surface area contributed by atoms with Gasteiger partial charge in [0.05, 0.1) is 18.7 Å². The molecule has 21 heavy (non-hydrogen) atoms. The van der Waals surface area contributed by atoms with Crippen LogP contribution in [-0.2, 0) is 4.79 Å². The number of hydrogen-bond acceptors (Lipinski definition) is 4. The maximum absolute atomic E-state index is 10.8. The van der Waals surface area contributed by atoms with Gasteiger partial charge in [-0.25, -0.2) is 0 Å². The third-order valence-corrected chi connectivity index (χ3v) is 3.91. The Morgan fingerprint density at radius 3 is 2.81 bits per heavy atom. The Kier molecular flexibility index (Phi) is 5.87. The minimum absolute atomic E-state index is 0.239. The van der Waals surface area contributed by atoms with Crippen molar-refractivity contribution in [3.8, 4) is 5.75 Å². The summed E-state index contributed by atoms with van der Waals surface area (Å²) in [6.45, 7) is 3.62. The molecule has 0 bridgehead atoms. The molecular formula is C16H25N3O2. The molecule has 0 spiro atoms. The van der Waals surface area contributed by atoms with Gasteiger partial charge in [-0.15, -0.1) is 0 Å². The number of amides is 1. The van der Waals surface area contributed by atoms with E-state index in [-0.39, 0.29) is 12.3 Å². The van der Waals surface area contributed by atoms with Crippen molar-refractivity contribution >= 4 is 11.6 Å². The van der Waals surface area contributed by atoms with Gasteiger partial charge in [0.25, 0.3) is 0 Å². The average Bonchev–Trinajstić information content (AvgIpc) is 2.47. The summed E-state index contributed by atoms with van der Waals surface area (Å²) in [7, 11) is 2.17. The van der Waals surface area contributed by atoms with Crippen LogP contribution in [0.5, 0.6) is 5.75 Å². The Hall–Kier alpha value is -1.75. The van der Waals surface area contributed by atoms with E-state index >= 15 is 0 Å². The lowest BCUT2D eigenvalue weighted by Crippen LogP contribution is -2.33. The zero-order chi connectivity index (χ0) is 15.1. The SMILES string of the molecule is CN1CCC(CNc2ccccc2OCCC(N)=O)CC1. The molecule has 2 rings (SSSR count). The smallest absolute Gasteiger partial charge is 0.220 e. The van der Waals surface area contributed by atoms with Crippen LogP contribution in [0.15, 0.2) is 24.3 Å². The minimum Gasteiger partial charge on any atom is -0.491 e. The van der Waals surface area contributed by atoms with E-state index in [0.29, 0.717) is 12.5 Å². The first kappa shape index (κ1) is 15.6. The number of benzene rings is 1. The number of primary amides is 1. The monoisotopic (exact) mass is 291 g/mol. The van der Waals surface area contributed by atoms with E-state index < -0.39 is 0 Å². The molecule has 1 fully saturated rings. The van der Waals surface area contributed by atoms with Crippen LogP contribution in [0, 0.1) is 5.92 Å². The fourth-order valence-electron chi connectivity index (χ4n) is 2.52. The molecule has 1 aromatic rings. The van der Waals surface area contributed by atoms with Gasteiger partial charge in [-0.05, 0) is 51.0 Å². The maximum Gasteiger partial charge on any atom is 0.220 e. The van der Waals surface area contributed by atoms with Crippen molar-refractivity contribution in [3.05, 3.63) is 24.3 Å². The second kappa shape index (κ2) is 7.88. The molecule has 0 atom stereocenters. The van der Waals surface area contributed by atoms with Gasteiger partial charge in [0.15, 0.2) is 0 Å². The summed E-state index contributed by atoms with van der Waals surface area (Å²) in [4.78, 5) is 13.1. The molecule has 0 radical (unpaired) electrons. The molecule has 0 aliphatic carbocycles. The number of ether oxygens (including phenoxy) is 1. The minimum atomic E-state index is -0.341. The summed E-state index contributed by atoms with van der Waals surface area (Å²) in [5.41, 5.74) is 6.11. The number of carbonyl (C=O) groups is 1. The summed E-state index contributed by atoms with van der Waals surface area (Å²) in [6.07, 6.45) is 2.70. The summed E-state index contributed by atoms with van der Waals surface area (Å²) < 4.78 is 5.63. The van der Waals surface area contributed by atoms with Crippen molar-refractivity contribution in [2.24, 2.45) is 11.7 Å². The molecule has 1 aliphatic rings. The van der Waals surface area contributed by atoms with Gasteiger partial charge in [-0.1, -0.05) is 12.1 Å². The molecule has 1 saturated heterocycles. The normalized spacial score (nSPS) is 16.6. The highest BCUT2D eigenvalue weighted by Crippen LogP contribution is 2.25. The Balaban J connectivity index is 1.83. The third kappa shape index (κ3) is 5.27. The van der Waals surface area contributed by atoms with E-state index in [1.54, 1.807) is 0 Å². The first-order valence-electron chi connectivity index (χ1n) is 7.57. The number of para-hydroxylation sites is 2. The lowest BCUT2D eigenvalue weighted by molar-refractivity contribution is -0.118. The zero-order valence-electron chi connectivity index (χ0n) is 12.7. The number of nitrogens with zero attached hydrogens (tertiary/aromatic N) is 1. The Morgan fingerprint density at radius 1 is 1.38 bits per heavy atom. The van der Waals surface area contributed by atoms with Gasteiger partial charge in [0, 0.05) is 6.54 Å². The zero-order valence-corrected chi connectivity index (χ0v) is 12.7. The molecule has 0 saturated carbocycles. The van der Waals surface area contributed by atoms with E-state index in [0.717, 1.165) is 18.0 Å². The van der Waals surface area contributed by atoms with Gasteiger partial charge in [-0.3, -0.25) is 4.79 Å². The Morgan fingerprint density at radius 2 is 2.10 bits per heavy atom. The Bertz CT molecular complexity index is 457. The van der Waals surface area contributed by atoms with E-state index in [1.165, 1.54) is 25.9 Å². The van der Waals surface area contributed by atoms with E-state index in [4.69, 9.17) is 10.5 Å². The quantitative estimate of drug-likeness (QED) is 0.802. The number of likely N-dealkylation sites (tertiary alicyclic amines) is 1.